The minimum atomic E-state index is -0.359. The van der Waals surface area contributed by atoms with Gasteiger partial charge in [0.2, 0.25) is 11.7 Å². The molecule has 3 aromatic heterocycles. The zero-order valence-corrected chi connectivity index (χ0v) is 16.5. The Morgan fingerprint density at radius 2 is 2.21 bits per heavy atom. The fraction of sp³-hybridized carbons (Fsp3) is 0.562. The maximum atomic E-state index is 11.6. The Morgan fingerprint density at radius 1 is 1.36 bits per heavy atom. The minimum Gasteiger partial charge on any atom is -0.374 e. The van der Waals surface area contributed by atoms with Crippen molar-refractivity contribution < 1.29 is 14.2 Å². The molecule has 1 atom stereocenters. The summed E-state index contributed by atoms with van der Waals surface area (Å²) in [6, 6.07) is 0. The smallest absolute Gasteiger partial charge is 0.373 e. The zero-order chi connectivity index (χ0) is 19.7. The lowest BCUT2D eigenvalue weighted by atomic mass is 10.3. The van der Waals surface area contributed by atoms with E-state index in [-0.39, 0.29) is 16.8 Å². The summed E-state index contributed by atoms with van der Waals surface area (Å²) in [6.07, 6.45) is 2.33. The summed E-state index contributed by atoms with van der Waals surface area (Å²) in [6.45, 7) is 5.31. The summed E-state index contributed by atoms with van der Waals surface area (Å²) < 4.78 is 12.1. The minimum absolute atomic E-state index is 0.0276. The lowest BCUT2D eigenvalue weighted by Crippen LogP contribution is -2.31. The molecule has 1 fully saturated rings. The van der Waals surface area contributed by atoms with E-state index in [0.29, 0.717) is 42.1 Å². The van der Waals surface area contributed by atoms with E-state index < -0.39 is 0 Å². The number of aromatic nitrogens is 4. The molecule has 4 rings (SSSR count). The molecule has 1 aliphatic heterocycles. The molecule has 0 radical (unpaired) electrons. The Balaban J connectivity index is 1.46. The van der Waals surface area contributed by atoms with Gasteiger partial charge in [-0.25, -0.2) is 0 Å². The van der Waals surface area contributed by atoms with E-state index in [2.05, 4.69) is 20.0 Å². The van der Waals surface area contributed by atoms with Crippen molar-refractivity contribution in [2.45, 2.75) is 26.0 Å². The molecule has 0 amide bonds. The predicted molar refractivity (Wildman–Crippen MR) is 102 cm³/mol. The van der Waals surface area contributed by atoms with Crippen LogP contribution in [0, 0.1) is 10.1 Å². The number of anilines is 1. The zero-order valence-electron chi connectivity index (χ0n) is 15.6. The van der Waals surface area contributed by atoms with Gasteiger partial charge in [-0.15, -0.1) is 0 Å². The number of rotatable bonds is 6. The fourth-order valence-corrected chi connectivity index (χ4v) is 3.98. The van der Waals surface area contributed by atoms with Crippen LogP contribution in [0.25, 0.3) is 4.96 Å². The number of nitrogens with zero attached hydrogens (tertiary/aromatic N) is 7. The predicted octanol–water partition coefficient (Wildman–Crippen LogP) is 2.11. The molecule has 3 aromatic rings. The van der Waals surface area contributed by atoms with Gasteiger partial charge in [-0.05, 0) is 18.3 Å². The van der Waals surface area contributed by atoms with E-state index >= 15 is 0 Å². The van der Waals surface area contributed by atoms with Crippen molar-refractivity contribution in [2.24, 2.45) is 0 Å². The highest BCUT2D eigenvalue weighted by Crippen LogP contribution is 2.31. The van der Waals surface area contributed by atoms with Crippen molar-refractivity contribution >= 4 is 27.9 Å². The van der Waals surface area contributed by atoms with Gasteiger partial charge < -0.3 is 24.3 Å². The van der Waals surface area contributed by atoms with Crippen molar-refractivity contribution in [3.8, 4) is 0 Å². The van der Waals surface area contributed by atoms with Crippen LogP contribution in [0.3, 0.4) is 0 Å². The number of thiazole rings is 1. The third-order valence-corrected chi connectivity index (χ3v) is 5.60. The first-order valence-corrected chi connectivity index (χ1v) is 9.87. The third kappa shape index (κ3) is 3.57. The van der Waals surface area contributed by atoms with Crippen LogP contribution in [0.4, 0.5) is 11.6 Å². The number of imidazole rings is 1. The highest BCUT2D eigenvalue weighted by molar-refractivity contribution is 7.15. The van der Waals surface area contributed by atoms with Gasteiger partial charge in [0, 0.05) is 38.7 Å². The van der Waals surface area contributed by atoms with E-state index in [4.69, 9.17) is 9.26 Å². The Bertz CT molecular complexity index is 967. The maximum absolute atomic E-state index is 11.6. The van der Waals surface area contributed by atoms with Gasteiger partial charge in [0.05, 0.1) is 6.54 Å². The second kappa shape index (κ2) is 7.81. The number of ether oxygens (including phenoxy) is 1. The Labute approximate surface area is 164 Å². The van der Waals surface area contributed by atoms with Crippen LogP contribution in [0.5, 0.6) is 0 Å². The topological polar surface area (TPSA) is 115 Å². The van der Waals surface area contributed by atoms with Crippen LogP contribution in [-0.2, 0) is 11.3 Å². The lowest BCUT2D eigenvalue weighted by molar-refractivity contribution is -0.389. The molecule has 150 valence electrons. The first-order chi connectivity index (χ1) is 13.6. The molecule has 0 aliphatic carbocycles. The molecular weight excluding hydrogens is 386 g/mol. The standard InChI is InChI=1S/C16H21N7O4S/c1-11(26-2)13-17-12(27-19-13)10-20-4-3-5-21(7-6-20)14-15(23(24)25)22-8-9-28-16(22)18-14/h8-9,11H,3-7,10H2,1-2H3. The van der Waals surface area contributed by atoms with Crippen LogP contribution < -0.4 is 4.90 Å². The van der Waals surface area contributed by atoms with Crippen LogP contribution in [0.15, 0.2) is 16.1 Å². The van der Waals surface area contributed by atoms with Gasteiger partial charge in [0.15, 0.2) is 5.82 Å². The first-order valence-electron chi connectivity index (χ1n) is 8.99. The first kappa shape index (κ1) is 18.8. The van der Waals surface area contributed by atoms with Crippen LogP contribution >= 0.6 is 11.3 Å². The molecule has 1 aliphatic rings. The average molecular weight is 407 g/mol. The van der Waals surface area contributed by atoms with Crippen molar-refractivity contribution in [3.63, 3.8) is 0 Å². The largest absolute Gasteiger partial charge is 0.374 e. The molecule has 1 unspecified atom stereocenters. The summed E-state index contributed by atoms with van der Waals surface area (Å²) in [7, 11) is 1.60. The van der Waals surface area contributed by atoms with Crippen LogP contribution in [0.1, 0.15) is 31.2 Å². The van der Waals surface area contributed by atoms with Gasteiger partial charge >= 0.3 is 5.82 Å². The van der Waals surface area contributed by atoms with Gasteiger partial charge in [0.25, 0.3) is 4.96 Å². The Morgan fingerprint density at radius 3 is 3.00 bits per heavy atom. The molecule has 11 nitrogen and oxygen atoms in total. The van der Waals surface area contributed by atoms with Gasteiger partial charge in [-0.1, -0.05) is 16.5 Å². The molecule has 0 aromatic carbocycles. The molecular formula is C16H21N7O4S. The molecule has 1 saturated heterocycles. The van der Waals surface area contributed by atoms with Crippen molar-refractivity contribution in [2.75, 3.05) is 38.2 Å². The van der Waals surface area contributed by atoms with Crippen molar-refractivity contribution in [1.82, 2.24) is 24.4 Å². The van der Waals surface area contributed by atoms with E-state index in [0.717, 1.165) is 19.5 Å². The van der Waals surface area contributed by atoms with Gasteiger partial charge in [-0.3, -0.25) is 4.90 Å². The van der Waals surface area contributed by atoms with E-state index in [1.54, 1.807) is 23.1 Å². The summed E-state index contributed by atoms with van der Waals surface area (Å²) in [5.74, 6) is 1.54. The van der Waals surface area contributed by atoms with E-state index in [1.807, 2.05) is 11.8 Å². The number of hydrogen-bond donors (Lipinski definition) is 0. The quantitative estimate of drug-likeness (QED) is 0.447. The Kier molecular flexibility index (Phi) is 5.24. The van der Waals surface area contributed by atoms with Gasteiger partial charge in [-0.2, -0.15) is 14.4 Å². The van der Waals surface area contributed by atoms with Crippen molar-refractivity contribution in [3.05, 3.63) is 33.4 Å². The molecule has 0 spiro atoms. The van der Waals surface area contributed by atoms with E-state index in [1.165, 1.54) is 11.3 Å². The monoisotopic (exact) mass is 407 g/mol. The second-order valence-corrected chi connectivity index (χ2v) is 7.49. The Hall–Kier alpha value is -2.57. The number of fused-ring (bicyclic) bond motifs is 1. The maximum Gasteiger partial charge on any atom is 0.373 e. The molecule has 0 bridgehead atoms. The summed E-state index contributed by atoms with van der Waals surface area (Å²) in [5, 5.41) is 17.3. The van der Waals surface area contributed by atoms with E-state index in [9.17, 15) is 10.1 Å². The average Bonchev–Trinajstić information content (AvgIpc) is 3.35. The molecule has 0 N–H and O–H groups in total. The highest BCUT2D eigenvalue weighted by atomic mass is 32.1. The lowest BCUT2D eigenvalue weighted by Gasteiger charge is -2.20. The summed E-state index contributed by atoms with van der Waals surface area (Å²) in [5.41, 5.74) is 0. The van der Waals surface area contributed by atoms with Gasteiger partial charge in [0.1, 0.15) is 12.3 Å². The molecule has 0 saturated carbocycles. The number of hydrogen-bond acceptors (Lipinski definition) is 10. The van der Waals surface area contributed by atoms with Crippen LogP contribution in [0.2, 0.25) is 0 Å². The summed E-state index contributed by atoms with van der Waals surface area (Å²) >= 11 is 1.39. The van der Waals surface area contributed by atoms with Crippen LogP contribution in [-0.4, -0.2) is 62.6 Å². The molecule has 28 heavy (non-hydrogen) atoms. The normalized spacial score (nSPS) is 17.1. The molecule has 4 heterocycles. The highest BCUT2D eigenvalue weighted by Gasteiger charge is 2.29. The summed E-state index contributed by atoms with van der Waals surface area (Å²) in [4.78, 5) is 24.9. The second-order valence-electron chi connectivity index (χ2n) is 6.61. The van der Waals surface area contributed by atoms with Crippen molar-refractivity contribution in [1.29, 1.82) is 0 Å². The number of methoxy groups -OCH3 is 1. The number of nitro groups is 1. The molecule has 12 heteroatoms. The SMILES string of the molecule is COC(C)c1noc(CN2CCCN(c3nc4sccn4c3[N+](=O)[O-])CC2)n1. The fourth-order valence-electron chi connectivity index (χ4n) is 3.28. The third-order valence-electron chi connectivity index (χ3n) is 4.84.